The van der Waals surface area contributed by atoms with Gasteiger partial charge in [-0.05, 0) is 50.3 Å². The Labute approximate surface area is 176 Å². The van der Waals surface area contributed by atoms with E-state index >= 15 is 0 Å². The third kappa shape index (κ3) is 4.63. The van der Waals surface area contributed by atoms with E-state index in [2.05, 4.69) is 10.6 Å². The van der Waals surface area contributed by atoms with Gasteiger partial charge in [0.1, 0.15) is 6.10 Å². The number of carbonyl (C=O) groups is 2. The molecule has 2 N–H and O–H groups in total. The van der Waals surface area contributed by atoms with E-state index < -0.39 is 18.0 Å². The van der Waals surface area contributed by atoms with Crippen molar-refractivity contribution in [2.75, 3.05) is 21.3 Å². The van der Waals surface area contributed by atoms with E-state index in [0.29, 0.717) is 34.1 Å². The zero-order valence-electron chi connectivity index (χ0n) is 18.0. The molecule has 1 saturated carbocycles. The number of carbonyl (C=O) groups excluding carboxylic acids is 2. The SMILES string of the molecule is COc1cc([C@H]2NC(=O)NC(C)=C2C(=O)OC2CCCCCC2)cc(OC)c1OC. The van der Waals surface area contributed by atoms with Crippen LogP contribution in [0.1, 0.15) is 57.1 Å². The van der Waals surface area contributed by atoms with Gasteiger partial charge in [0, 0.05) is 5.70 Å². The number of hydrogen-bond donors (Lipinski definition) is 2. The van der Waals surface area contributed by atoms with Crippen LogP contribution in [0.5, 0.6) is 17.2 Å². The highest BCUT2D eigenvalue weighted by Gasteiger charge is 2.34. The van der Waals surface area contributed by atoms with Gasteiger partial charge in [0.05, 0.1) is 32.9 Å². The van der Waals surface area contributed by atoms with Gasteiger partial charge >= 0.3 is 12.0 Å². The lowest BCUT2D eigenvalue weighted by Crippen LogP contribution is -2.45. The summed E-state index contributed by atoms with van der Waals surface area (Å²) in [5.74, 6) is 0.889. The van der Waals surface area contributed by atoms with E-state index in [9.17, 15) is 9.59 Å². The van der Waals surface area contributed by atoms with Crippen LogP contribution in [-0.2, 0) is 9.53 Å². The summed E-state index contributed by atoms with van der Waals surface area (Å²) < 4.78 is 22.1. The second kappa shape index (κ2) is 9.73. The lowest BCUT2D eigenvalue weighted by atomic mass is 9.94. The molecule has 3 rings (SSSR count). The van der Waals surface area contributed by atoms with Gasteiger partial charge in [-0.25, -0.2) is 9.59 Å². The minimum Gasteiger partial charge on any atom is -0.493 e. The fraction of sp³-hybridized carbons (Fsp3) is 0.545. The Balaban J connectivity index is 1.96. The molecule has 0 spiro atoms. The van der Waals surface area contributed by atoms with Crippen molar-refractivity contribution in [3.63, 3.8) is 0 Å². The van der Waals surface area contributed by atoms with Gasteiger partial charge in [-0.2, -0.15) is 0 Å². The topological polar surface area (TPSA) is 95.1 Å². The summed E-state index contributed by atoms with van der Waals surface area (Å²) in [4.78, 5) is 25.4. The van der Waals surface area contributed by atoms with Crippen molar-refractivity contribution in [3.8, 4) is 17.2 Å². The molecule has 8 heteroatoms. The molecule has 0 aromatic heterocycles. The Bertz CT molecular complexity index is 802. The Hall–Kier alpha value is -2.90. The highest BCUT2D eigenvalue weighted by molar-refractivity contribution is 5.95. The van der Waals surface area contributed by atoms with Crippen LogP contribution in [0.3, 0.4) is 0 Å². The van der Waals surface area contributed by atoms with E-state index in [1.54, 1.807) is 19.1 Å². The van der Waals surface area contributed by atoms with Crippen LogP contribution in [-0.4, -0.2) is 39.4 Å². The maximum atomic E-state index is 13.2. The number of methoxy groups -OCH3 is 3. The van der Waals surface area contributed by atoms with Crippen LogP contribution in [0.2, 0.25) is 0 Å². The van der Waals surface area contributed by atoms with Crippen LogP contribution < -0.4 is 24.8 Å². The minimum atomic E-state index is -0.703. The predicted octanol–water partition coefficient (Wildman–Crippen LogP) is 3.61. The van der Waals surface area contributed by atoms with Crippen LogP contribution in [0, 0.1) is 0 Å². The third-order valence-electron chi connectivity index (χ3n) is 5.59. The molecule has 0 unspecified atom stereocenters. The van der Waals surface area contributed by atoms with Crippen molar-refractivity contribution in [2.24, 2.45) is 0 Å². The second-order valence-electron chi connectivity index (χ2n) is 7.55. The first-order chi connectivity index (χ1) is 14.5. The van der Waals surface area contributed by atoms with Crippen molar-refractivity contribution in [3.05, 3.63) is 29.0 Å². The first kappa shape index (κ1) is 21.8. The molecule has 2 amide bonds. The molecule has 1 aromatic carbocycles. The van der Waals surface area contributed by atoms with Crippen molar-refractivity contribution in [2.45, 2.75) is 57.6 Å². The van der Waals surface area contributed by atoms with Gasteiger partial charge in [0.2, 0.25) is 5.75 Å². The van der Waals surface area contributed by atoms with Gasteiger partial charge in [-0.3, -0.25) is 0 Å². The summed E-state index contributed by atoms with van der Waals surface area (Å²) in [5.41, 5.74) is 1.47. The smallest absolute Gasteiger partial charge is 0.338 e. The summed E-state index contributed by atoms with van der Waals surface area (Å²) in [6.07, 6.45) is 6.09. The number of urea groups is 1. The van der Waals surface area contributed by atoms with Gasteiger partial charge in [-0.1, -0.05) is 12.8 Å². The van der Waals surface area contributed by atoms with Crippen LogP contribution >= 0.6 is 0 Å². The number of nitrogens with one attached hydrogen (secondary N) is 2. The van der Waals surface area contributed by atoms with E-state index in [0.717, 1.165) is 25.7 Å². The molecule has 30 heavy (non-hydrogen) atoms. The number of amides is 2. The van der Waals surface area contributed by atoms with E-state index in [1.807, 2.05) is 0 Å². The Morgan fingerprint density at radius 2 is 1.57 bits per heavy atom. The van der Waals surface area contributed by atoms with Gasteiger partial charge in [0.15, 0.2) is 11.5 Å². The highest BCUT2D eigenvalue weighted by Crippen LogP contribution is 2.41. The van der Waals surface area contributed by atoms with E-state index in [1.165, 1.54) is 34.2 Å². The summed E-state index contributed by atoms with van der Waals surface area (Å²) in [6, 6.07) is 2.36. The number of esters is 1. The van der Waals surface area contributed by atoms with Crippen molar-refractivity contribution >= 4 is 12.0 Å². The second-order valence-corrected chi connectivity index (χ2v) is 7.55. The maximum absolute atomic E-state index is 13.2. The highest BCUT2D eigenvalue weighted by atomic mass is 16.5. The Morgan fingerprint density at radius 3 is 2.10 bits per heavy atom. The molecule has 164 valence electrons. The fourth-order valence-electron chi connectivity index (χ4n) is 4.06. The normalized spacial score (nSPS) is 20.0. The zero-order chi connectivity index (χ0) is 21.7. The van der Waals surface area contributed by atoms with Crippen molar-refractivity contribution in [1.29, 1.82) is 0 Å². The lowest BCUT2D eigenvalue weighted by molar-refractivity contribution is -0.145. The molecule has 1 aromatic rings. The summed E-state index contributed by atoms with van der Waals surface area (Å²) in [7, 11) is 4.56. The monoisotopic (exact) mass is 418 g/mol. The number of rotatable bonds is 6. The number of benzene rings is 1. The molecular weight excluding hydrogens is 388 g/mol. The molecule has 1 atom stereocenters. The largest absolute Gasteiger partial charge is 0.493 e. The summed E-state index contributed by atoms with van der Waals surface area (Å²) in [6.45, 7) is 1.70. The standard InChI is InChI=1S/C22H30N2O6/c1-13-18(21(25)30-15-9-7-5-6-8-10-15)19(24-22(26)23-13)14-11-16(27-2)20(29-4)17(12-14)28-3/h11-12,15,19H,5-10H2,1-4H3,(H2,23,24,26)/t19-/m1/s1. The third-order valence-corrected chi connectivity index (χ3v) is 5.59. The number of hydrogen-bond acceptors (Lipinski definition) is 6. The average molecular weight is 418 g/mol. The fourth-order valence-corrected chi connectivity index (χ4v) is 4.06. The molecule has 0 bridgehead atoms. The van der Waals surface area contributed by atoms with Gasteiger partial charge in [0.25, 0.3) is 0 Å². The average Bonchev–Trinajstić information content (AvgIpc) is 3.00. The molecule has 1 aliphatic carbocycles. The number of ether oxygens (including phenoxy) is 4. The van der Waals surface area contributed by atoms with Crippen LogP contribution in [0.25, 0.3) is 0 Å². The molecule has 1 heterocycles. The number of allylic oxidation sites excluding steroid dienone is 1. The van der Waals surface area contributed by atoms with E-state index in [4.69, 9.17) is 18.9 Å². The van der Waals surface area contributed by atoms with Crippen molar-refractivity contribution in [1.82, 2.24) is 10.6 Å². The van der Waals surface area contributed by atoms with Crippen LogP contribution in [0.15, 0.2) is 23.4 Å². The molecule has 1 aliphatic heterocycles. The summed E-state index contributed by atoms with van der Waals surface area (Å²) >= 11 is 0. The first-order valence-electron chi connectivity index (χ1n) is 10.3. The lowest BCUT2D eigenvalue weighted by Gasteiger charge is -2.30. The minimum absolute atomic E-state index is 0.0986. The Kier molecular flexibility index (Phi) is 7.07. The molecule has 0 radical (unpaired) electrons. The quantitative estimate of drug-likeness (QED) is 0.541. The van der Waals surface area contributed by atoms with Gasteiger partial charge in [-0.15, -0.1) is 0 Å². The maximum Gasteiger partial charge on any atom is 0.338 e. The molecule has 1 fully saturated rings. The molecule has 2 aliphatic rings. The molecule has 8 nitrogen and oxygen atoms in total. The molecule has 0 saturated heterocycles. The zero-order valence-corrected chi connectivity index (χ0v) is 18.0. The predicted molar refractivity (Wildman–Crippen MR) is 111 cm³/mol. The summed E-state index contributed by atoms with van der Waals surface area (Å²) in [5, 5.41) is 5.50. The van der Waals surface area contributed by atoms with E-state index in [-0.39, 0.29) is 6.10 Å². The first-order valence-corrected chi connectivity index (χ1v) is 10.3. The van der Waals surface area contributed by atoms with Gasteiger partial charge < -0.3 is 29.6 Å². The Morgan fingerprint density at radius 1 is 0.967 bits per heavy atom. The molecular formula is C22H30N2O6. The van der Waals surface area contributed by atoms with Crippen molar-refractivity contribution < 1.29 is 28.5 Å². The van der Waals surface area contributed by atoms with Crippen LogP contribution in [0.4, 0.5) is 4.79 Å².